The van der Waals surface area contributed by atoms with Gasteiger partial charge >= 0.3 is 0 Å². The van der Waals surface area contributed by atoms with Crippen LogP contribution in [0.2, 0.25) is 5.02 Å². The van der Waals surface area contributed by atoms with Gasteiger partial charge in [0.25, 0.3) is 0 Å². The predicted octanol–water partition coefficient (Wildman–Crippen LogP) is 2.87. The SMILES string of the molecule is O=CC1CCC(Oc2ccc(Cl)cn2)CC1. The number of carbonyl (C=O) groups excluding carboxylic acids is 1. The monoisotopic (exact) mass is 239 g/mol. The van der Waals surface area contributed by atoms with Crippen LogP contribution in [0.1, 0.15) is 25.7 Å². The van der Waals surface area contributed by atoms with Crippen molar-refractivity contribution in [3.63, 3.8) is 0 Å². The Balaban J connectivity index is 1.86. The molecule has 1 aromatic heterocycles. The number of pyridine rings is 1. The molecule has 0 spiro atoms. The molecule has 0 amide bonds. The van der Waals surface area contributed by atoms with Crippen LogP contribution in [0.5, 0.6) is 5.88 Å². The summed E-state index contributed by atoms with van der Waals surface area (Å²) in [7, 11) is 0. The summed E-state index contributed by atoms with van der Waals surface area (Å²) in [5.74, 6) is 0.831. The Morgan fingerprint density at radius 2 is 2.06 bits per heavy atom. The molecule has 1 saturated carbocycles. The summed E-state index contributed by atoms with van der Waals surface area (Å²) in [5, 5.41) is 0.608. The van der Waals surface area contributed by atoms with Gasteiger partial charge in [0.05, 0.1) is 5.02 Å². The van der Waals surface area contributed by atoms with Gasteiger partial charge in [0, 0.05) is 18.2 Å². The molecule has 0 unspecified atom stereocenters. The molecule has 1 aromatic rings. The van der Waals surface area contributed by atoms with Crippen LogP contribution in [0.4, 0.5) is 0 Å². The van der Waals surface area contributed by atoms with Gasteiger partial charge in [0.1, 0.15) is 12.4 Å². The van der Waals surface area contributed by atoms with E-state index >= 15 is 0 Å². The molecule has 1 aliphatic carbocycles. The Hall–Kier alpha value is -1.09. The number of ether oxygens (including phenoxy) is 1. The molecule has 0 bridgehead atoms. The maximum absolute atomic E-state index is 10.6. The number of aromatic nitrogens is 1. The van der Waals surface area contributed by atoms with Gasteiger partial charge in [-0.2, -0.15) is 0 Å². The summed E-state index contributed by atoms with van der Waals surface area (Å²) in [6, 6.07) is 3.54. The predicted molar refractivity (Wildman–Crippen MR) is 61.7 cm³/mol. The highest BCUT2D eigenvalue weighted by molar-refractivity contribution is 6.30. The van der Waals surface area contributed by atoms with Gasteiger partial charge in [-0.05, 0) is 31.7 Å². The molecule has 0 saturated heterocycles. The fraction of sp³-hybridized carbons (Fsp3) is 0.500. The van der Waals surface area contributed by atoms with Crippen molar-refractivity contribution in [3.8, 4) is 5.88 Å². The first-order chi connectivity index (χ1) is 7.78. The smallest absolute Gasteiger partial charge is 0.213 e. The van der Waals surface area contributed by atoms with Gasteiger partial charge in [-0.3, -0.25) is 0 Å². The fourth-order valence-electron chi connectivity index (χ4n) is 1.95. The van der Waals surface area contributed by atoms with E-state index in [-0.39, 0.29) is 12.0 Å². The molecule has 16 heavy (non-hydrogen) atoms. The van der Waals surface area contributed by atoms with Crippen LogP contribution in [0.15, 0.2) is 18.3 Å². The van der Waals surface area contributed by atoms with E-state index < -0.39 is 0 Å². The lowest BCUT2D eigenvalue weighted by Gasteiger charge is -2.25. The number of nitrogens with zero attached hydrogens (tertiary/aromatic N) is 1. The van der Waals surface area contributed by atoms with E-state index in [1.807, 2.05) is 0 Å². The van der Waals surface area contributed by atoms with Crippen LogP contribution < -0.4 is 4.74 Å². The molecule has 1 aliphatic rings. The average Bonchev–Trinajstić information content (AvgIpc) is 2.33. The standard InChI is InChI=1S/C12H14ClNO2/c13-10-3-6-12(14-7-10)16-11-4-1-9(8-15)2-5-11/h3,6-9,11H,1-2,4-5H2. The first-order valence-electron chi connectivity index (χ1n) is 5.51. The lowest BCUT2D eigenvalue weighted by Crippen LogP contribution is -2.24. The Bertz CT molecular complexity index is 345. The van der Waals surface area contributed by atoms with Crippen LogP contribution in [-0.4, -0.2) is 17.4 Å². The number of hydrogen-bond donors (Lipinski definition) is 0. The minimum absolute atomic E-state index is 0.185. The summed E-state index contributed by atoms with van der Waals surface area (Å²) in [4.78, 5) is 14.7. The van der Waals surface area contributed by atoms with Gasteiger partial charge in [0.2, 0.25) is 5.88 Å². The number of halogens is 1. The maximum Gasteiger partial charge on any atom is 0.213 e. The van der Waals surface area contributed by atoms with Crippen molar-refractivity contribution in [3.05, 3.63) is 23.4 Å². The Morgan fingerprint density at radius 3 is 2.62 bits per heavy atom. The minimum atomic E-state index is 0.185. The summed E-state index contributed by atoms with van der Waals surface area (Å²) in [6.45, 7) is 0. The topological polar surface area (TPSA) is 39.2 Å². The molecular formula is C12H14ClNO2. The van der Waals surface area contributed by atoms with Crippen molar-refractivity contribution in [2.45, 2.75) is 31.8 Å². The van der Waals surface area contributed by atoms with Gasteiger partial charge in [0.15, 0.2) is 0 Å². The van der Waals surface area contributed by atoms with Crippen molar-refractivity contribution in [2.75, 3.05) is 0 Å². The van der Waals surface area contributed by atoms with Crippen LogP contribution in [-0.2, 0) is 4.79 Å². The highest BCUT2D eigenvalue weighted by Crippen LogP contribution is 2.26. The largest absolute Gasteiger partial charge is 0.474 e. The second-order valence-corrected chi connectivity index (χ2v) is 4.54. The fourth-order valence-corrected chi connectivity index (χ4v) is 2.06. The third kappa shape index (κ3) is 2.95. The molecule has 4 heteroatoms. The lowest BCUT2D eigenvalue weighted by molar-refractivity contribution is -0.112. The zero-order valence-corrected chi connectivity index (χ0v) is 9.69. The van der Waals surface area contributed by atoms with Crippen LogP contribution in [0, 0.1) is 5.92 Å². The molecule has 2 rings (SSSR count). The normalized spacial score (nSPS) is 25.1. The Morgan fingerprint density at radius 1 is 1.31 bits per heavy atom. The molecule has 0 aromatic carbocycles. The van der Waals surface area contributed by atoms with E-state index in [4.69, 9.17) is 16.3 Å². The Kier molecular flexibility index (Phi) is 3.78. The second kappa shape index (κ2) is 5.30. The summed E-state index contributed by atoms with van der Waals surface area (Å²) in [5.41, 5.74) is 0. The van der Waals surface area contributed by atoms with Crippen LogP contribution >= 0.6 is 11.6 Å². The third-order valence-corrected chi connectivity index (χ3v) is 3.12. The second-order valence-electron chi connectivity index (χ2n) is 4.11. The van der Waals surface area contributed by atoms with Gasteiger partial charge < -0.3 is 9.53 Å². The molecule has 86 valence electrons. The summed E-state index contributed by atoms with van der Waals surface area (Å²) >= 11 is 5.74. The molecule has 1 heterocycles. The first-order valence-corrected chi connectivity index (χ1v) is 5.89. The van der Waals surface area contributed by atoms with E-state index in [1.165, 1.54) is 0 Å². The van der Waals surface area contributed by atoms with Crippen molar-refractivity contribution in [2.24, 2.45) is 5.92 Å². The quantitative estimate of drug-likeness (QED) is 0.762. The molecule has 1 fully saturated rings. The highest BCUT2D eigenvalue weighted by atomic mass is 35.5. The van der Waals surface area contributed by atoms with Gasteiger partial charge in [-0.1, -0.05) is 11.6 Å². The van der Waals surface area contributed by atoms with E-state index in [0.29, 0.717) is 10.9 Å². The van der Waals surface area contributed by atoms with Crippen molar-refractivity contribution in [1.82, 2.24) is 4.98 Å². The van der Waals surface area contributed by atoms with Gasteiger partial charge in [-0.25, -0.2) is 4.98 Å². The molecule has 0 N–H and O–H groups in total. The molecule has 0 aliphatic heterocycles. The summed E-state index contributed by atoms with van der Waals surface area (Å²) < 4.78 is 5.72. The van der Waals surface area contributed by atoms with Crippen molar-refractivity contribution >= 4 is 17.9 Å². The highest BCUT2D eigenvalue weighted by Gasteiger charge is 2.22. The van der Waals surface area contributed by atoms with Crippen LogP contribution in [0.3, 0.4) is 0 Å². The first kappa shape index (κ1) is 11.4. The third-order valence-electron chi connectivity index (χ3n) is 2.90. The molecule has 3 nitrogen and oxygen atoms in total. The minimum Gasteiger partial charge on any atom is -0.474 e. The van der Waals surface area contributed by atoms with Crippen molar-refractivity contribution in [1.29, 1.82) is 0 Å². The number of rotatable bonds is 3. The average molecular weight is 240 g/mol. The van der Waals surface area contributed by atoms with E-state index in [9.17, 15) is 4.79 Å². The molecular weight excluding hydrogens is 226 g/mol. The van der Waals surface area contributed by atoms with Crippen molar-refractivity contribution < 1.29 is 9.53 Å². The molecule has 0 atom stereocenters. The number of aldehydes is 1. The number of carbonyl (C=O) groups is 1. The van der Waals surface area contributed by atoms with Crippen LogP contribution in [0.25, 0.3) is 0 Å². The summed E-state index contributed by atoms with van der Waals surface area (Å²) in [6.07, 6.45) is 6.50. The molecule has 0 radical (unpaired) electrons. The zero-order chi connectivity index (χ0) is 11.4. The Labute approximate surface area is 99.8 Å². The lowest BCUT2D eigenvalue weighted by atomic mass is 9.88. The van der Waals surface area contributed by atoms with E-state index in [2.05, 4.69) is 4.98 Å². The number of hydrogen-bond acceptors (Lipinski definition) is 3. The van der Waals surface area contributed by atoms with Gasteiger partial charge in [-0.15, -0.1) is 0 Å². The van der Waals surface area contributed by atoms with E-state index in [1.54, 1.807) is 18.3 Å². The van der Waals surface area contributed by atoms with E-state index in [0.717, 1.165) is 32.0 Å². The maximum atomic E-state index is 10.6. The zero-order valence-electron chi connectivity index (χ0n) is 8.93.